The molecule has 1 aliphatic heterocycles. The van der Waals surface area contributed by atoms with Crippen molar-refractivity contribution in [2.24, 2.45) is 0 Å². The van der Waals surface area contributed by atoms with E-state index in [1.54, 1.807) is 11.3 Å². The Morgan fingerprint density at radius 1 is 1.17 bits per heavy atom. The molecule has 5 heteroatoms. The largest absolute Gasteiger partial charge is 0.438 e. The van der Waals surface area contributed by atoms with Gasteiger partial charge in [-0.3, -0.25) is 4.79 Å². The number of aryl methyl sites for hydroxylation is 1. The van der Waals surface area contributed by atoms with E-state index in [0.717, 1.165) is 40.9 Å². The summed E-state index contributed by atoms with van der Waals surface area (Å²) >= 11 is 1.62. The molecule has 5 rings (SSSR count). The van der Waals surface area contributed by atoms with Crippen LogP contribution >= 0.6 is 11.3 Å². The monoisotopic (exact) mass is 402 g/mol. The quantitative estimate of drug-likeness (QED) is 0.435. The summed E-state index contributed by atoms with van der Waals surface area (Å²) < 4.78 is 6.08. The summed E-state index contributed by atoms with van der Waals surface area (Å²) in [6, 6.07) is 18.5. The Morgan fingerprint density at radius 3 is 2.90 bits per heavy atom. The molecule has 1 unspecified atom stereocenters. The lowest BCUT2D eigenvalue weighted by Gasteiger charge is -2.22. The lowest BCUT2D eigenvalue weighted by molar-refractivity contribution is -0.131. The number of hydrogen-bond acceptors (Lipinski definition) is 4. The molecule has 146 valence electrons. The molecule has 1 amide bonds. The molecule has 4 aromatic rings. The highest BCUT2D eigenvalue weighted by molar-refractivity contribution is 7.10. The van der Waals surface area contributed by atoms with Crippen molar-refractivity contribution in [3.8, 4) is 11.1 Å². The van der Waals surface area contributed by atoms with Gasteiger partial charge in [-0.1, -0.05) is 42.0 Å². The van der Waals surface area contributed by atoms with Gasteiger partial charge in [-0.2, -0.15) is 0 Å². The van der Waals surface area contributed by atoms with Gasteiger partial charge in [0.2, 0.25) is 11.8 Å². The van der Waals surface area contributed by atoms with Gasteiger partial charge < -0.3 is 9.32 Å². The number of carbonyl (C=O) groups excluding carboxylic acids is 1. The number of likely N-dealkylation sites (tertiary alicyclic amines) is 1. The third-order valence-electron chi connectivity index (χ3n) is 5.52. The van der Waals surface area contributed by atoms with Crippen LogP contribution in [0.4, 0.5) is 0 Å². The summed E-state index contributed by atoms with van der Waals surface area (Å²) in [5, 5.41) is 2.01. The third kappa shape index (κ3) is 3.58. The predicted molar refractivity (Wildman–Crippen MR) is 116 cm³/mol. The highest BCUT2D eigenvalue weighted by Crippen LogP contribution is 2.35. The van der Waals surface area contributed by atoms with Crippen LogP contribution in [0.3, 0.4) is 0 Å². The van der Waals surface area contributed by atoms with Crippen molar-refractivity contribution < 1.29 is 9.21 Å². The van der Waals surface area contributed by atoms with Gasteiger partial charge in [0.05, 0.1) is 6.42 Å². The molecule has 1 saturated heterocycles. The maximum absolute atomic E-state index is 12.8. The van der Waals surface area contributed by atoms with E-state index < -0.39 is 0 Å². The Hall–Kier alpha value is -2.92. The van der Waals surface area contributed by atoms with Crippen LogP contribution in [0.15, 0.2) is 64.4 Å². The summed E-state index contributed by atoms with van der Waals surface area (Å²) in [6.07, 6.45) is 2.33. The van der Waals surface area contributed by atoms with Gasteiger partial charge >= 0.3 is 0 Å². The summed E-state index contributed by atoms with van der Waals surface area (Å²) in [4.78, 5) is 20.7. The van der Waals surface area contributed by atoms with Crippen LogP contribution in [0, 0.1) is 6.92 Å². The number of amides is 1. The average Bonchev–Trinajstić information content (AvgIpc) is 3.47. The van der Waals surface area contributed by atoms with E-state index in [1.165, 1.54) is 11.1 Å². The molecule has 1 atom stereocenters. The highest BCUT2D eigenvalue weighted by atomic mass is 32.1. The topological polar surface area (TPSA) is 46.3 Å². The van der Waals surface area contributed by atoms with Crippen LogP contribution in [0.2, 0.25) is 0 Å². The van der Waals surface area contributed by atoms with E-state index in [4.69, 9.17) is 9.40 Å². The molecule has 0 radical (unpaired) electrons. The van der Waals surface area contributed by atoms with Gasteiger partial charge in [-0.15, -0.1) is 11.3 Å². The standard InChI is InChI=1S/C24H22N2O2S/c1-16-5-2-6-17(13-16)18-9-10-22-20(14-18)25-24(28-22)21-8-3-11-26(21)23(27)15-19-7-4-12-29-19/h2,4-7,9-10,12-14,21H,3,8,11,15H2,1H3. The Kier molecular flexibility index (Phi) is 4.68. The van der Waals surface area contributed by atoms with Crippen LogP contribution in [0.1, 0.15) is 35.2 Å². The zero-order valence-corrected chi connectivity index (χ0v) is 17.1. The fraction of sp³-hybridized carbons (Fsp3) is 0.250. The van der Waals surface area contributed by atoms with Crippen LogP contribution in [-0.4, -0.2) is 22.3 Å². The fourth-order valence-electron chi connectivity index (χ4n) is 4.08. The van der Waals surface area contributed by atoms with E-state index in [2.05, 4.69) is 43.3 Å². The molecule has 0 bridgehead atoms. The maximum atomic E-state index is 12.8. The first-order valence-corrected chi connectivity index (χ1v) is 10.8. The van der Waals surface area contributed by atoms with Crippen molar-refractivity contribution in [3.63, 3.8) is 0 Å². The van der Waals surface area contributed by atoms with Crippen LogP contribution in [-0.2, 0) is 11.2 Å². The molecule has 0 saturated carbocycles. The number of nitrogens with zero attached hydrogens (tertiary/aromatic N) is 2. The van der Waals surface area contributed by atoms with Crippen molar-refractivity contribution in [2.75, 3.05) is 6.54 Å². The number of hydrogen-bond donors (Lipinski definition) is 0. The minimum Gasteiger partial charge on any atom is -0.438 e. The SMILES string of the molecule is Cc1cccc(-c2ccc3oc(C4CCCN4C(=O)Cc4cccs4)nc3c2)c1. The predicted octanol–water partition coefficient (Wildman–Crippen LogP) is 5.77. The molecule has 0 aliphatic carbocycles. The van der Waals surface area contributed by atoms with Gasteiger partial charge in [-0.05, 0) is 54.5 Å². The molecule has 2 aromatic heterocycles. The summed E-state index contributed by atoms with van der Waals surface area (Å²) in [7, 11) is 0. The van der Waals surface area contributed by atoms with Crippen LogP contribution in [0.5, 0.6) is 0 Å². The average molecular weight is 403 g/mol. The number of oxazole rings is 1. The van der Waals surface area contributed by atoms with Crippen molar-refractivity contribution in [1.29, 1.82) is 0 Å². The third-order valence-corrected chi connectivity index (χ3v) is 6.40. The molecule has 4 nitrogen and oxygen atoms in total. The molecule has 2 aromatic carbocycles. The van der Waals surface area contributed by atoms with Gasteiger partial charge in [-0.25, -0.2) is 4.98 Å². The van der Waals surface area contributed by atoms with Crippen LogP contribution < -0.4 is 0 Å². The van der Waals surface area contributed by atoms with Gasteiger partial charge in [0.15, 0.2) is 5.58 Å². The first-order chi connectivity index (χ1) is 14.2. The molecular formula is C24H22N2O2S. The number of benzene rings is 2. The van der Waals surface area contributed by atoms with E-state index in [0.29, 0.717) is 12.3 Å². The molecule has 0 spiro atoms. The molecule has 29 heavy (non-hydrogen) atoms. The Balaban J connectivity index is 1.43. The van der Waals surface area contributed by atoms with Gasteiger partial charge in [0, 0.05) is 11.4 Å². The van der Waals surface area contributed by atoms with E-state index in [9.17, 15) is 4.79 Å². The minimum absolute atomic E-state index is 0.0720. The number of aromatic nitrogens is 1. The number of carbonyl (C=O) groups is 1. The number of rotatable bonds is 4. The maximum Gasteiger partial charge on any atom is 0.228 e. The smallest absolute Gasteiger partial charge is 0.228 e. The number of thiophene rings is 1. The van der Waals surface area contributed by atoms with Crippen molar-refractivity contribution in [3.05, 3.63) is 76.3 Å². The summed E-state index contributed by atoms with van der Waals surface area (Å²) in [6.45, 7) is 2.86. The molecular weight excluding hydrogens is 380 g/mol. The summed E-state index contributed by atoms with van der Waals surface area (Å²) in [5.41, 5.74) is 5.14. The molecule has 3 heterocycles. The molecule has 1 fully saturated rings. The molecule has 0 N–H and O–H groups in total. The van der Waals surface area contributed by atoms with E-state index in [1.807, 2.05) is 28.5 Å². The van der Waals surface area contributed by atoms with Crippen molar-refractivity contribution in [2.45, 2.75) is 32.2 Å². The Labute approximate surface area is 173 Å². The number of fused-ring (bicyclic) bond motifs is 1. The first kappa shape index (κ1) is 18.1. The fourth-order valence-corrected chi connectivity index (χ4v) is 4.77. The van der Waals surface area contributed by atoms with E-state index >= 15 is 0 Å². The van der Waals surface area contributed by atoms with E-state index in [-0.39, 0.29) is 11.9 Å². The summed E-state index contributed by atoms with van der Waals surface area (Å²) in [5.74, 6) is 0.802. The first-order valence-electron chi connectivity index (χ1n) is 9.97. The zero-order chi connectivity index (χ0) is 19.8. The second kappa shape index (κ2) is 7.48. The lowest BCUT2D eigenvalue weighted by Crippen LogP contribution is -2.31. The van der Waals surface area contributed by atoms with Crippen molar-refractivity contribution in [1.82, 2.24) is 9.88 Å². The second-order valence-electron chi connectivity index (χ2n) is 7.61. The molecule has 1 aliphatic rings. The van der Waals surface area contributed by atoms with Crippen LogP contribution in [0.25, 0.3) is 22.2 Å². The Bertz CT molecular complexity index is 1160. The van der Waals surface area contributed by atoms with Gasteiger partial charge in [0.1, 0.15) is 11.6 Å². The second-order valence-corrected chi connectivity index (χ2v) is 8.64. The minimum atomic E-state index is -0.0720. The Morgan fingerprint density at radius 2 is 2.07 bits per heavy atom. The van der Waals surface area contributed by atoms with Crippen molar-refractivity contribution >= 4 is 28.3 Å². The highest BCUT2D eigenvalue weighted by Gasteiger charge is 2.33. The lowest BCUT2D eigenvalue weighted by atomic mass is 10.0. The van der Waals surface area contributed by atoms with Gasteiger partial charge in [0.25, 0.3) is 0 Å². The zero-order valence-electron chi connectivity index (χ0n) is 16.3. The normalized spacial score (nSPS) is 16.6.